The molecule has 0 saturated heterocycles. The second-order valence-electron chi connectivity index (χ2n) is 5.39. The first-order valence-electron chi connectivity index (χ1n) is 6.13. The average molecular weight is 273 g/mol. The van der Waals surface area contributed by atoms with E-state index in [0.717, 1.165) is 12.0 Å². The van der Waals surface area contributed by atoms with E-state index in [2.05, 4.69) is 0 Å². The summed E-state index contributed by atoms with van der Waals surface area (Å²) in [5, 5.41) is 11.5. The third-order valence-corrected chi connectivity index (χ3v) is 4.41. The van der Waals surface area contributed by atoms with Gasteiger partial charge in [0.2, 0.25) is 0 Å². The molecule has 2 rings (SSSR count). The summed E-state index contributed by atoms with van der Waals surface area (Å²) in [6.07, 6.45) is 5.23. The van der Waals surface area contributed by atoms with Gasteiger partial charge in [-0.05, 0) is 30.9 Å². The standard InChI is InChI=1S/C14H18Cl2O/c1-14(17,8-10-4-2-5-10)9-11-6-3-7-12(15)13(11)16/h3,6-7,10,17H,2,4-5,8-9H2,1H3. The summed E-state index contributed by atoms with van der Waals surface area (Å²) in [7, 11) is 0. The lowest BCUT2D eigenvalue weighted by atomic mass is 9.76. The van der Waals surface area contributed by atoms with Crippen molar-refractivity contribution in [3.63, 3.8) is 0 Å². The fourth-order valence-corrected chi connectivity index (χ4v) is 2.87. The van der Waals surface area contributed by atoms with Crippen LogP contribution in [0.25, 0.3) is 0 Å². The van der Waals surface area contributed by atoms with Crippen molar-refractivity contribution in [2.45, 2.75) is 44.6 Å². The first kappa shape index (κ1) is 13.2. The Morgan fingerprint density at radius 2 is 2.06 bits per heavy atom. The quantitative estimate of drug-likeness (QED) is 0.857. The van der Waals surface area contributed by atoms with Gasteiger partial charge in [0.1, 0.15) is 0 Å². The maximum Gasteiger partial charge on any atom is 0.0663 e. The van der Waals surface area contributed by atoms with Crippen LogP contribution in [-0.2, 0) is 6.42 Å². The van der Waals surface area contributed by atoms with Gasteiger partial charge in [-0.25, -0.2) is 0 Å². The van der Waals surface area contributed by atoms with E-state index in [1.807, 2.05) is 19.1 Å². The predicted molar refractivity (Wildman–Crippen MR) is 72.7 cm³/mol. The van der Waals surface area contributed by atoms with Gasteiger partial charge in [0, 0.05) is 6.42 Å². The lowest BCUT2D eigenvalue weighted by Gasteiger charge is -2.33. The topological polar surface area (TPSA) is 20.2 Å². The molecule has 94 valence electrons. The van der Waals surface area contributed by atoms with Gasteiger partial charge in [0.15, 0.2) is 0 Å². The number of rotatable bonds is 4. The van der Waals surface area contributed by atoms with Crippen LogP contribution in [0, 0.1) is 5.92 Å². The molecule has 1 atom stereocenters. The fraction of sp³-hybridized carbons (Fsp3) is 0.571. The second kappa shape index (κ2) is 5.17. The molecule has 0 radical (unpaired) electrons. The lowest BCUT2D eigenvalue weighted by molar-refractivity contribution is 0.0204. The van der Waals surface area contributed by atoms with Crippen molar-refractivity contribution in [2.24, 2.45) is 5.92 Å². The molecule has 1 aliphatic carbocycles. The Balaban J connectivity index is 2.05. The number of hydrogen-bond donors (Lipinski definition) is 1. The highest BCUT2D eigenvalue weighted by Gasteiger charge is 2.29. The smallest absolute Gasteiger partial charge is 0.0663 e. The molecule has 1 aromatic rings. The summed E-state index contributed by atoms with van der Waals surface area (Å²) < 4.78 is 0. The van der Waals surface area contributed by atoms with E-state index in [1.165, 1.54) is 19.3 Å². The zero-order valence-electron chi connectivity index (χ0n) is 10.0. The Hall–Kier alpha value is -0.240. The van der Waals surface area contributed by atoms with E-state index < -0.39 is 5.60 Å². The number of halogens is 2. The monoisotopic (exact) mass is 272 g/mol. The van der Waals surface area contributed by atoms with E-state index >= 15 is 0 Å². The minimum absolute atomic E-state index is 0.559. The molecule has 0 aliphatic heterocycles. The molecule has 1 aliphatic rings. The van der Waals surface area contributed by atoms with Crippen LogP contribution in [-0.4, -0.2) is 10.7 Å². The summed E-state index contributed by atoms with van der Waals surface area (Å²) in [4.78, 5) is 0. The highest BCUT2D eigenvalue weighted by Crippen LogP contribution is 2.36. The van der Waals surface area contributed by atoms with Crippen molar-refractivity contribution >= 4 is 23.2 Å². The van der Waals surface area contributed by atoms with Crippen LogP contribution >= 0.6 is 23.2 Å². The highest BCUT2D eigenvalue weighted by molar-refractivity contribution is 6.42. The van der Waals surface area contributed by atoms with Gasteiger partial charge in [0.25, 0.3) is 0 Å². The van der Waals surface area contributed by atoms with Crippen molar-refractivity contribution < 1.29 is 5.11 Å². The van der Waals surface area contributed by atoms with Crippen molar-refractivity contribution in [3.8, 4) is 0 Å². The Kier molecular flexibility index (Phi) is 4.02. The Labute approximate surface area is 113 Å². The van der Waals surface area contributed by atoms with Crippen molar-refractivity contribution in [2.75, 3.05) is 0 Å². The molecule has 0 spiro atoms. The zero-order valence-corrected chi connectivity index (χ0v) is 11.6. The van der Waals surface area contributed by atoms with E-state index in [0.29, 0.717) is 22.4 Å². The van der Waals surface area contributed by atoms with Crippen LogP contribution in [0.4, 0.5) is 0 Å². The SMILES string of the molecule is CC(O)(Cc1cccc(Cl)c1Cl)CC1CCC1. The first-order chi connectivity index (χ1) is 7.98. The van der Waals surface area contributed by atoms with E-state index in [4.69, 9.17) is 23.2 Å². The molecule has 0 amide bonds. The molecule has 1 fully saturated rings. The van der Waals surface area contributed by atoms with Gasteiger partial charge < -0.3 is 5.11 Å². The van der Waals surface area contributed by atoms with Gasteiger partial charge in [-0.15, -0.1) is 0 Å². The summed E-state index contributed by atoms with van der Waals surface area (Å²) in [5.74, 6) is 0.683. The Morgan fingerprint density at radius 3 is 2.65 bits per heavy atom. The van der Waals surface area contributed by atoms with Crippen LogP contribution < -0.4 is 0 Å². The third-order valence-electron chi connectivity index (χ3n) is 3.56. The maximum atomic E-state index is 10.4. The average Bonchev–Trinajstić information content (AvgIpc) is 2.19. The summed E-state index contributed by atoms with van der Waals surface area (Å²) in [6, 6.07) is 5.58. The molecule has 1 aromatic carbocycles. The Morgan fingerprint density at radius 1 is 1.35 bits per heavy atom. The fourth-order valence-electron chi connectivity index (χ4n) is 2.49. The molecular weight excluding hydrogens is 255 g/mol. The predicted octanol–water partition coefficient (Wildman–Crippen LogP) is 4.48. The van der Waals surface area contributed by atoms with Crippen molar-refractivity contribution in [1.82, 2.24) is 0 Å². The molecular formula is C14H18Cl2O. The van der Waals surface area contributed by atoms with Gasteiger partial charge in [0.05, 0.1) is 15.6 Å². The largest absolute Gasteiger partial charge is 0.390 e. The number of hydrogen-bond acceptors (Lipinski definition) is 1. The lowest BCUT2D eigenvalue weighted by Crippen LogP contribution is -2.32. The second-order valence-corrected chi connectivity index (χ2v) is 6.17. The molecule has 1 nitrogen and oxygen atoms in total. The molecule has 1 saturated carbocycles. The summed E-state index contributed by atoms with van der Waals surface area (Å²) in [5.41, 5.74) is 0.253. The highest BCUT2D eigenvalue weighted by atomic mass is 35.5. The number of aliphatic hydroxyl groups is 1. The van der Waals surface area contributed by atoms with E-state index in [9.17, 15) is 5.11 Å². The van der Waals surface area contributed by atoms with Gasteiger partial charge in [-0.1, -0.05) is 54.6 Å². The zero-order chi connectivity index (χ0) is 12.5. The molecule has 3 heteroatoms. The van der Waals surface area contributed by atoms with Gasteiger partial charge in [-0.3, -0.25) is 0 Å². The van der Waals surface area contributed by atoms with Gasteiger partial charge in [-0.2, -0.15) is 0 Å². The maximum absolute atomic E-state index is 10.4. The van der Waals surface area contributed by atoms with E-state index in [-0.39, 0.29) is 0 Å². The summed E-state index contributed by atoms with van der Waals surface area (Å²) >= 11 is 12.1. The van der Waals surface area contributed by atoms with Crippen LogP contribution in [0.2, 0.25) is 10.0 Å². The summed E-state index contributed by atoms with van der Waals surface area (Å²) in [6.45, 7) is 1.89. The van der Waals surface area contributed by atoms with Gasteiger partial charge >= 0.3 is 0 Å². The van der Waals surface area contributed by atoms with Crippen LogP contribution in [0.5, 0.6) is 0 Å². The minimum Gasteiger partial charge on any atom is -0.390 e. The Bertz CT molecular complexity index is 397. The minimum atomic E-state index is -0.681. The number of benzene rings is 1. The molecule has 17 heavy (non-hydrogen) atoms. The van der Waals surface area contributed by atoms with Crippen molar-refractivity contribution in [1.29, 1.82) is 0 Å². The first-order valence-corrected chi connectivity index (χ1v) is 6.89. The van der Waals surface area contributed by atoms with Crippen LogP contribution in [0.3, 0.4) is 0 Å². The molecule has 1 N–H and O–H groups in total. The molecule has 0 heterocycles. The third kappa shape index (κ3) is 3.37. The van der Waals surface area contributed by atoms with E-state index in [1.54, 1.807) is 6.07 Å². The van der Waals surface area contributed by atoms with Crippen molar-refractivity contribution in [3.05, 3.63) is 33.8 Å². The normalized spacial score (nSPS) is 19.8. The molecule has 0 aromatic heterocycles. The van der Waals surface area contributed by atoms with Crippen LogP contribution in [0.1, 0.15) is 38.2 Å². The van der Waals surface area contributed by atoms with Crippen LogP contribution in [0.15, 0.2) is 18.2 Å². The molecule has 1 unspecified atom stereocenters. The molecule has 0 bridgehead atoms.